The summed E-state index contributed by atoms with van der Waals surface area (Å²) in [6.07, 6.45) is 2.20. The van der Waals surface area contributed by atoms with Crippen molar-refractivity contribution >= 4 is 5.95 Å². The van der Waals surface area contributed by atoms with Gasteiger partial charge in [-0.05, 0) is 32.6 Å². The fourth-order valence-electron chi connectivity index (χ4n) is 1.72. The number of nitrogens with zero attached hydrogens (tertiary/aromatic N) is 3. The van der Waals surface area contributed by atoms with Gasteiger partial charge >= 0.3 is 0 Å². The van der Waals surface area contributed by atoms with Crippen LogP contribution in [0.25, 0.3) is 0 Å². The lowest BCUT2D eigenvalue weighted by molar-refractivity contribution is 0.279. The number of rotatable bonds is 3. The summed E-state index contributed by atoms with van der Waals surface area (Å²) in [5.74, 6) is 1.30. The summed E-state index contributed by atoms with van der Waals surface area (Å²) in [5, 5.41) is 11.2. The van der Waals surface area contributed by atoms with E-state index in [9.17, 15) is 0 Å². The number of nitrogens with two attached hydrogens (primary N) is 1. The summed E-state index contributed by atoms with van der Waals surface area (Å²) < 4.78 is 0. The van der Waals surface area contributed by atoms with E-state index in [0.717, 1.165) is 30.8 Å². The van der Waals surface area contributed by atoms with Gasteiger partial charge in [0.2, 0.25) is 5.95 Å². The first kappa shape index (κ1) is 10.3. The summed E-state index contributed by atoms with van der Waals surface area (Å²) >= 11 is 0. The van der Waals surface area contributed by atoms with Crippen LogP contribution in [0.3, 0.4) is 0 Å². The molecule has 5 nitrogen and oxygen atoms in total. The van der Waals surface area contributed by atoms with Crippen molar-refractivity contribution in [1.29, 1.82) is 0 Å². The van der Waals surface area contributed by atoms with Gasteiger partial charge in [-0.3, -0.25) is 0 Å². The molecular weight excluding hydrogens is 190 g/mol. The highest BCUT2D eigenvalue weighted by atomic mass is 15.2. The Labute approximate surface area is 89.5 Å². The van der Waals surface area contributed by atoms with Gasteiger partial charge in [0, 0.05) is 12.6 Å². The second-order valence-electron chi connectivity index (χ2n) is 4.28. The molecule has 0 bridgehead atoms. The van der Waals surface area contributed by atoms with Crippen LogP contribution in [-0.2, 0) is 0 Å². The lowest BCUT2D eigenvalue weighted by Gasteiger charge is -2.32. The maximum atomic E-state index is 5.71. The van der Waals surface area contributed by atoms with Crippen molar-refractivity contribution < 1.29 is 0 Å². The molecular formula is C10H17N5. The van der Waals surface area contributed by atoms with Gasteiger partial charge in [-0.25, -0.2) is 4.98 Å². The van der Waals surface area contributed by atoms with Crippen LogP contribution in [-0.4, -0.2) is 27.8 Å². The Hall–Kier alpha value is -1.23. The molecule has 0 amide bonds. The Morgan fingerprint density at radius 3 is 2.60 bits per heavy atom. The van der Waals surface area contributed by atoms with Gasteiger partial charge in [0.1, 0.15) is 0 Å². The third kappa shape index (κ3) is 2.41. The van der Waals surface area contributed by atoms with Gasteiger partial charge in [-0.15, -0.1) is 5.10 Å². The van der Waals surface area contributed by atoms with Gasteiger partial charge in [-0.1, -0.05) is 0 Å². The molecule has 0 saturated heterocycles. The van der Waals surface area contributed by atoms with Crippen LogP contribution in [0.5, 0.6) is 0 Å². The molecule has 0 radical (unpaired) electrons. The third-order valence-electron chi connectivity index (χ3n) is 2.91. The molecule has 15 heavy (non-hydrogen) atoms. The van der Waals surface area contributed by atoms with Crippen LogP contribution in [0.15, 0.2) is 0 Å². The molecule has 82 valence electrons. The predicted molar refractivity (Wildman–Crippen MR) is 58.5 cm³/mol. The van der Waals surface area contributed by atoms with E-state index in [-0.39, 0.29) is 0 Å². The first-order valence-electron chi connectivity index (χ1n) is 5.32. The number of hydrogen-bond acceptors (Lipinski definition) is 5. The van der Waals surface area contributed by atoms with Crippen LogP contribution in [0.1, 0.15) is 24.2 Å². The lowest BCUT2D eigenvalue weighted by atomic mass is 9.81. The number of aromatic nitrogens is 3. The monoisotopic (exact) mass is 207 g/mol. The smallest absolute Gasteiger partial charge is 0.242 e. The Bertz CT molecular complexity index is 346. The fourth-order valence-corrected chi connectivity index (χ4v) is 1.72. The third-order valence-corrected chi connectivity index (χ3v) is 2.91. The van der Waals surface area contributed by atoms with Crippen molar-refractivity contribution in [3.8, 4) is 0 Å². The Kier molecular flexibility index (Phi) is 2.81. The maximum Gasteiger partial charge on any atom is 0.242 e. The zero-order chi connectivity index (χ0) is 10.8. The van der Waals surface area contributed by atoms with Crippen LogP contribution in [0.4, 0.5) is 5.95 Å². The van der Waals surface area contributed by atoms with Gasteiger partial charge in [0.25, 0.3) is 0 Å². The highest BCUT2D eigenvalue weighted by Crippen LogP contribution is 2.25. The quantitative estimate of drug-likeness (QED) is 0.760. The summed E-state index contributed by atoms with van der Waals surface area (Å²) in [4.78, 5) is 4.31. The summed E-state index contributed by atoms with van der Waals surface area (Å²) in [6, 6.07) is 0.399. The van der Waals surface area contributed by atoms with E-state index in [4.69, 9.17) is 5.73 Å². The molecule has 1 fully saturated rings. The van der Waals surface area contributed by atoms with E-state index in [1.54, 1.807) is 0 Å². The molecule has 1 aromatic rings. The normalized spacial score (nSPS) is 24.7. The maximum absolute atomic E-state index is 5.71. The van der Waals surface area contributed by atoms with E-state index in [1.165, 1.54) is 0 Å². The predicted octanol–water partition coefficient (Wildman–Crippen LogP) is 0.638. The van der Waals surface area contributed by atoms with E-state index < -0.39 is 0 Å². The SMILES string of the molecule is Cc1nnc(NCC2CC(N)C2)nc1C. The molecule has 3 N–H and O–H groups in total. The van der Waals surface area contributed by atoms with Crippen molar-refractivity contribution in [3.05, 3.63) is 11.4 Å². The summed E-state index contributed by atoms with van der Waals surface area (Å²) in [6.45, 7) is 4.75. The highest BCUT2D eigenvalue weighted by Gasteiger charge is 2.25. The van der Waals surface area contributed by atoms with E-state index in [1.807, 2.05) is 13.8 Å². The van der Waals surface area contributed by atoms with Crippen molar-refractivity contribution in [2.24, 2.45) is 11.7 Å². The van der Waals surface area contributed by atoms with Crippen molar-refractivity contribution in [3.63, 3.8) is 0 Å². The molecule has 1 heterocycles. The molecule has 0 spiro atoms. The molecule has 0 aliphatic heterocycles. The van der Waals surface area contributed by atoms with E-state index >= 15 is 0 Å². The molecule has 1 aromatic heterocycles. The zero-order valence-corrected chi connectivity index (χ0v) is 9.20. The standard InChI is InChI=1S/C10H17N5/c1-6-7(2)14-15-10(13-6)12-5-8-3-9(11)4-8/h8-9H,3-5,11H2,1-2H3,(H,12,13,15). The van der Waals surface area contributed by atoms with Crippen LogP contribution in [0, 0.1) is 19.8 Å². The molecule has 1 saturated carbocycles. The van der Waals surface area contributed by atoms with E-state index in [2.05, 4.69) is 20.5 Å². The molecule has 1 aliphatic rings. The zero-order valence-electron chi connectivity index (χ0n) is 9.20. The van der Waals surface area contributed by atoms with Crippen LogP contribution >= 0.6 is 0 Å². The van der Waals surface area contributed by atoms with E-state index in [0.29, 0.717) is 17.9 Å². The second kappa shape index (κ2) is 4.10. The van der Waals surface area contributed by atoms with Gasteiger partial charge in [0.15, 0.2) is 0 Å². The number of nitrogens with one attached hydrogen (secondary N) is 1. The molecule has 2 rings (SSSR count). The minimum absolute atomic E-state index is 0.399. The van der Waals surface area contributed by atoms with Crippen molar-refractivity contribution in [1.82, 2.24) is 15.2 Å². The average Bonchev–Trinajstić information content (AvgIpc) is 2.16. The van der Waals surface area contributed by atoms with Crippen LogP contribution < -0.4 is 11.1 Å². The van der Waals surface area contributed by atoms with Gasteiger partial charge in [0.05, 0.1) is 11.4 Å². The Morgan fingerprint density at radius 2 is 2.00 bits per heavy atom. The number of aryl methyl sites for hydroxylation is 2. The average molecular weight is 207 g/mol. The highest BCUT2D eigenvalue weighted by molar-refractivity contribution is 5.24. The number of anilines is 1. The number of hydrogen-bond donors (Lipinski definition) is 2. The van der Waals surface area contributed by atoms with Gasteiger partial charge < -0.3 is 11.1 Å². The van der Waals surface area contributed by atoms with Crippen molar-refractivity contribution in [2.45, 2.75) is 32.7 Å². The molecule has 1 aliphatic carbocycles. The molecule has 0 aromatic carbocycles. The summed E-state index contributed by atoms with van der Waals surface area (Å²) in [5.41, 5.74) is 7.52. The topological polar surface area (TPSA) is 76.7 Å². The Balaban J connectivity index is 1.86. The lowest BCUT2D eigenvalue weighted by Crippen LogP contribution is -2.39. The first-order chi connectivity index (χ1) is 7.15. The van der Waals surface area contributed by atoms with Crippen molar-refractivity contribution in [2.75, 3.05) is 11.9 Å². The van der Waals surface area contributed by atoms with Crippen LogP contribution in [0.2, 0.25) is 0 Å². The molecule has 0 unspecified atom stereocenters. The second-order valence-corrected chi connectivity index (χ2v) is 4.28. The first-order valence-corrected chi connectivity index (χ1v) is 5.32. The van der Waals surface area contributed by atoms with Gasteiger partial charge in [-0.2, -0.15) is 5.10 Å². The Morgan fingerprint density at radius 1 is 1.27 bits per heavy atom. The minimum Gasteiger partial charge on any atom is -0.353 e. The largest absolute Gasteiger partial charge is 0.353 e. The minimum atomic E-state index is 0.399. The molecule has 5 heteroatoms. The summed E-state index contributed by atoms with van der Waals surface area (Å²) in [7, 11) is 0. The fraction of sp³-hybridized carbons (Fsp3) is 0.700. The molecule has 0 atom stereocenters.